The summed E-state index contributed by atoms with van der Waals surface area (Å²) < 4.78 is 14.7. The van der Waals surface area contributed by atoms with Gasteiger partial charge in [0, 0.05) is 32.7 Å². The van der Waals surface area contributed by atoms with Gasteiger partial charge in [-0.3, -0.25) is 9.69 Å². The number of hydrogen-bond acceptors (Lipinski definition) is 3. The highest BCUT2D eigenvalue weighted by molar-refractivity contribution is 6.33. The molecule has 1 aliphatic rings. The minimum Gasteiger partial charge on any atom is -0.337 e. The molecule has 4 rings (SSSR count). The molecule has 5 nitrogen and oxygen atoms in total. The normalized spacial score (nSPS) is 15.2. The van der Waals surface area contributed by atoms with E-state index in [1.165, 1.54) is 22.4 Å². The van der Waals surface area contributed by atoms with Crippen LogP contribution < -0.4 is 0 Å². The maximum atomic E-state index is 13.3. The van der Waals surface area contributed by atoms with Gasteiger partial charge in [-0.05, 0) is 43.2 Å². The van der Waals surface area contributed by atoms with E-state index in [1.54, 1.807) is 19.1 Å². The minimum absolute atomic E-state index is 0.104. The Morgan fingerprint density at radius 1 is 1.03 bits per heavy atom. The number of halogens is 2. The lowest BCUT2D eigenvalue weighted by Crippen LogP contribution is -2.35. The molecule has 0 spiro atoms. The van der Waals surface area contributed by atoms with Gasteiger partial charge in [0.1, 0.15) is 11.0 Å². The van der Waals surface area contributed by atoms with Crippen molar-refractivity contribution in [2.24, 2.45) is 0 Å². The maximum Gasteiger partial charge on any atom is 0.258 e. The van der Waals surface area contributed by atoms with Gasteiger partial charge >= 0.3 is 0 Å². The second kappa shape index (κ2) is 8.98. The fourth-order valence-electron chi connectivity index (χ4n) is 3.83. The zero-order chi connectivity index (χ0) is 21.1. The van der Waals surface area contributed by atoms with Crippen LogP contribution in [0, 0.1) is 12.7 Å². The Balaban J connectivity index is 1.48. The second-order valence-electron chi connectivity index (χ2n) is 7.55. The van der Waals surface area contributed by atoms with Crippen molar-refractivity contribution in [1.29, 1.82) is 0 Å². The Morgan fingerprint density at radius 2 is 1.77 bits per heavy atom. The number of carbonyl (C=O) groups excluding carboxylic acids is 1. The first-order valence-corrected chi connectivity index (χ1v) is 10.5. The molecule has 1 aliphatic heterocycles. The Bertz CT molecular complexity index is 1020. The Labute approximate surface area is 180 Å². The van der Waals surface area contributed by atoms with Crippen LogP contribution in [0.4, 0.5) is 4.39 Å². The van der Waals surface area contributed by atoms with Crippen LogP contribution in [0.1, 0.15) is 28.0 Å². The van der Waals surface area contributed by atoms with Gasteiger partial charge in [0.2, 0.25) is 0 Å². The van der Waals surface area contributed by atoms with Crippen LogP contribution in [0.3, 0.4) is 0 Å². The van der Waals surface area contributed by atoms with E-state index in [4.69, 9.17) is 11.6 Å². The first kappa shape index (κ1) is 20.6. The highest BCUT2D eigenvalue weighted by atomic mass is 35.5. The molecule has 0 bridgehead atoms. The van der Waals surface area contributed by atoms with Crippen molar-refractivity contribution in [2.45, 2.75) is 19.9 Å². The van der Waals surface area contributed by atoms with Crippen LogP contribution in [0.2, 0.25) is 5.15 Å². The van der Waals surface area contributed by atoms with Gasteiger partial charge in [0.25, 0.3) is 5.91 Å². The number of nitrogens with zero attached hydrogens (tertiary/aromatic N) is 4. The van der Waals surface area contributed by atoms with E-state index in [0.717, 1.165) is 26.1 Å². The van der Waals surface area contributed by atoms with E-state index >= 15 is 0 Å². The molecule has 30 heavy (non-hydrogen) atoms. The first-order chi connectivity index (χ1) is 14.5. The summed E-state index contributed by atoms with van der Waals surface area (Å²) in [6.07, 6.45) is 0.904. The molecular formula is C23H24ClFN4O. The lowest BCUT2D eigenvalue weighted by molar-refractivity contribution is 0.0760. The summed E-state index contributed by atoms with van der Waals surface area (Å²) in [4.78, 5) is 17.5. The summed E-state index contributed by atoms with van der Waals surface area (Å²) in [7, 11) is 0. The van der Waals surface area contributed by atoms with E-state index < -0.39 is 0 Å². The van der Waals surface area contributed by atoms with Gasteiger partial charge in [-0.25, -0.2) is 9.07 Å². The summed E-state index contributed by atoms with van der Waals surface area (Å²) in [5, 5.41) is 4.68. The average molecular weight is 427 g/mol. The Hall–Kier alpha value is -2.70. The monoisotopic (exact) mass is 426 g/mol. The lowest BCUT2D eigenvalue weighted by Gasteiger charge is -2.22. The van der Waals surface area contributed by atoms with Crippen LogP contribution in [0.5, 0.6) is 0 Å². The third-order valence-corrected chi connectivity index (χ3v) is 5.76. The van der Waals surface area contributed by atoms with Crippen molar-refractivity contribution < 1.29 is 9.18 Å². The van der Waals surface area contributed by atoms with E-state index in [2.05, 4.69) is 22.1 Å². The van der Waals surface area contributed by atoms with Gasteiger partial charge in [-0.1, -0.05) is 41.9 Å². The molecular weight excluding hydrogens is 403 g/mol. The molecule has 1 aromatic heterocycles. The standard InChI is InChI=1S/C23H24ClFN4O/c1-17-21(22(24)29(26-17)20-10-8-19(25)9-11-20)23(30)28-13-5-12-27(14-15-28)16-18-6-3-2-4-7-18/h2-4,6-11H,5,12-16H2,1H3. The fourth-order valence-corrected chi connectivity index (χ4v) is 4.18. The zero-order valence-corrected chi connectivity index (χ0v) is 17.6. The summed E-state index contributed by atoms with van der Waals surface area (Å²) in [5.74, 6) is -0.438. The molecule has 3 aromatic rings. The zero-order valence-electron chi connectivity index (χ0n) is 16.9. The number of benzene rings is 2. The molecule has 0 N–H and O–H groups in total. The largest absolute Gasteiger partial charge is 0.337 e. The minimum atomic E-state index is -0.334. The van der Waals surface area contributed by atoms with Crippen molar-refractivity contribution in [3.8, 4) is 5.69 Å². The van der Waals surface area contributed by atoms with Crippen LogP contribution in [-0.2, 0) is 6.54 Å². The van der Waals surface area contributed by atoms with Gasteiger partial charge in [-0.15, -0.1) is 0 Å². The molecule has 0 atom stereocenters. The molecule has 0 radical (unpaired) electrons. The van der Waals surface area contributed by atoms with E-state index in [9.17, 15) is 9.18 Å². The van der Waals surface area contributed by atoms with Gasteiger partial charge in [0.05, 0.1) is 16.9 Å². The summed E-state index contributed by atoms with van der Waals surface area (Å²) >= 11 is 6.54. The lowest BCUT2D eigenvalue weighted by atomic mass is 10.2. The number of aryl methyl sites for hydroxylation is 1. The molecule has 0 unspecified atom stereocenters. The number of aromatic nitrogens is 2. The van der Waals surface area contributed by atoms with Crippen LogP contribution >= 0.6 is 11.6 Å². The van der Waals surface area contributed by atoms with Gasteiger partial charge in [-0.2, -0.15) is 5.10 Å². The smallest absolute Gasteiger partial charge is 0.258 e. The summed E-state index contributed by atoms with van der Waals surface area (Å²) in [6, 6.07) is 16.2. The number of amides is 1. The van der Waals surface area contributed by atoms with Gasteiger partial charge in [0.15, 0.2) is 0 Å². The highest BCUT2D eigenvalue weighted by Crippen LogP contribution is 2.25. The van der Waals surface area contributed by atoms with Crippen molar-refractivity contribution in [2.75, 3.05) is 26.2 Å². The molecule has 1 fully saturated rings. The Kier molecular flexibility index (Phi) is 6.16. The summed E-state index contributed by atoms with van der Waals surface area (Å²) in [6.45, 7) is 5.73. The third-order valence-electron chi connectivity index (χ3n) is 5.41. The third kappa shape index (κ3) is 4.40. The van der Waals surface area contributed by atoms with E-state index in [0.29, 0.717) is 30.0 Å². The molecule has 0 aliphatic carbocycles. The fraction of sp³-hybridized carbons (Fsp3) is 0.304. The maximum absolute atomic E-state index is 13.3. The summed E-state index contributed by atoms with van der Waals surface area (Å²) in [5.41, 5.74) is 2.88. The topological polar surface area (TPSA) is 41.4 Å². The van der Waals surface area contributed by atoms with Gasteiger partial charge < -0.3 is 4.90 Å². The second-order valence-corrected chi connectivity index (χ2v) is 7.90. The molecule has 1 amide bonds. The van der Waals surface area contributed by atoms with Crippen molar-refractivity contribution in [1.82, 2.24) is 19.6 Å². The molecule has 2 heterocycles. The molecule has 7 heteroatoms. The van der Waals surface area contributed by atoms with Crippen LogP contribution in [-0.4, -0.2) is 51.7 Å². The Morgan fingerprint density at radius 3 is 2.50 bits per heavy atom. The predicted octanol–water partition coefficient (Wildman–Crippen LogP) is 4.32. The molecule has 2 aromatic carbocycles. The molecule has 1 saturated heterocycles. The van der Waals surface area contributed by atoms with E-state index in [-0.39, 0.29) is 16.9 Å². The average Bonchev–Trinajstić information content (AvgIpc) is 2.90. The SMILES string of the molecule is Cc1nn(-c2ccc(F)cc2)c(Cl)c1C(=O)N1CCCN(Cc2ccccc2)CC1. The van der Waals surface area contributed by atoms with E-state index in [1.807, 2.05) is 23.1 Å². The van der Waals surface area contributed by atoms with Crippen molar-refractivity contribution in [3.63, 3.8) is 0 Å². The molecule has 0 saturated carbocycles. The number of hydrogen-bond donors (Lipinski definition) is 0. The van der Waals surface area contributed by atoms with Crippen LogP contribution in [0.15, 0.2) is 54.6 Å². The molecule has 156 valence electrons. The first-order valence-electron chi connectivity index (χ1n) is 10.1. The quantitative estimate of drug-likeness (QED) is 0.623. The highest BCUT2D eigenvalue weighted by Gasteiger charge is 2.27. The van der Waals surface area contributed by atoms with Crippen molar-refractivity contribution >= 4 is 17.5 Å². The number of rotatable bonds is 4. The van der Waals surface area contributed by atoms with Crippen LogP contribution in [0.25, 0.3) is 5.69 Å². The van der Waals surface area contributed by atoms with Crippen molar-refractivity contribution in [3.05, 3.63) is 82.4 Å². The predicted molar refractivity (Wildman–Crippen MR) is 116 cm³/mol. The number of carbonyl (C=O) groups is 1.